The van der Waals surface area contributed by atoms with Crippen LogP contribution in [0.5, 0.6) is 5.75 Å². The number of benzene rings is 3. The number of carbonyl (C=O) groups excluding carboxylic acids is 2. The highest BCUT2D eigenvalue weighted by atomic mass is 32.2. The van der Waals surface area contributed by atoms with Crippen LogP contribution in [0.1, 0.15) is 28.4 Å². The summed E-state index contributed by atoms with van der Waals surface area (Å²) in [5.74, 6) is -0.492. The van der Waals surface area contributed by atoms with Gasteiger partial charge in [-0.1, -0.05) is 6.07 Å². The standard InChI is InChI=1S/C25H26N2O6S/c1-4-32-25(29)19-5-7-20(8-6-19)26-24(28)16-33-22-9-11-23(12-10-22)34(30,31)27-21-14-17(2)13-18(3)15-21/h5-15,27H,4,16H2,1-3H3,(H,26,28). The Labute approximate surface area is 199 Å². The number of hydrogen-bond donors (Lipinski definition) is 2. The fraction of sp³-hybridized carbons (Fsp3) is 0.200. The van der Waals surface area contributed by atoms with Crippen molar-refractivity contribution in [2.75, 3.05) is 23.3 Å². The lowest BCUT2D eigenvalue weighted by Gasteiger charge is -2.11. The number of ether oxygens (including phenoxy) is 2. The first kappa shape index (κ1) is 24.8. The molecule has 0 aliphatic rings. The third-order valence-electron chi connectivity index (χ3n) is 4.66. The van der Waals surface area contributed by atoms with E-state index in [2.05, 4.69) is 10.0 Å². The Morgan fingerprint density at radius 3 is 2.06 bits per heavy atom. The lowest BCUT2D eigenvalue weighted by atomic mass is 10.1. The van der Waals surface area contributed by atoms with Crippen molar-refractivity contribution in [3.63, 3.8) is 0 Å². The molecule has 0 saturated carbocycles. The van der Waals surface area contributed by atoms with Crippen LogP contribution in [-0.4, -0.2) is 33.5 Å². The monoisotopic (exact) mass is 482 g/mol. The highest BCUT2D eigenvalue weighted by molar-refractivity contribution is 7.92. The molecule has 3 aromatic rings. The van der Waals surface area contributed by atoms with Crippen LogP contribution in [0, 0.1) is 13.8 Å². The molecular formula is C25H26N2O6S. The Kier molecular flexibility index (Phi) is 7.91. The molecule has 0 heterocycles. The van der Waals surface area contributed by atoms with Crippen molar-refractivity contribution in [2.24, 2.45) is 0 Å². The van der Waals surface area contributed by atoms with Gasteiger partial charge in [0, 0.05) is 11.4 Å². The van der Waals surface area contributed by atoms with E-state index >= 15 is 0 Å². The van der Waals surface area contributed by atoms with Crippen LogP contribution in [0.3, 0.4) is 0 Å². The van der Waals surface area contributed by atoms with E-state index in [1.165, 1.54) is 24.3 Å². The van der Waals surface area contributed by atoms with E-state index in [-0.39, 0.29) is 18.1 Å². The van der Waals surface area contributed by atoms with Gasteiger partial charge in [-0.2, -0.15) is 0 Å². The average molecular weight is 483 g/mol. The highest BCUT2D eigenvalue weighted by Gasteiger charge is 2.15. The summed E-state index contributed by atoms with van der Waals surface area (Å²) >= 11 is 0. The number of anilines is 2. The van der Waals surface area contributed by atoms with Gasteiger partial charge in [0.2, 0.25) is 0 Å². The van der Waals surface area contributed by atoms with Gasteiger partial charge in [0.1, 0.15) is 5.75 Å². The molecule has 3 rings (SSSR count). The molecule has 0 aliphatic heterocycles. The summed E-state index contributed by atoms with van der Waals surface area (Å²) in [6, 6.07) is 17.5. The van der Waals surface area contributed by atoms with Crippen molar-refractivity contribution >= 4 is 33.3 Å². The summed E-state index contributed by atoms with van der Waals surface area (Å²) in [4.78, 5) is 23.9. The number of nitrogens with one attached hydrogen (secondary N) is 2. The fourth-order valence-corrected chi connectivity index (χ4v) is 4.25. The molecule has 8 nitrogen and oxygen atoms in total. The van der Waals surface area contributed by atoms with Gasteiger partial charge >= 0.3 is 5.97 Å². The quantitative estimate of drug-likeness (QED) is 0.440. The number of hydrogen-bond acceptors (Lipinski definition) is 6. The van der Waals surface area contributed by atoms with Crippen molar-refractivity contribution in [1.29, 1.82) is 0 Å². The molecule has 0 saturated heterocycles. The number of aryl methyl sites for hydroxylation is 2. The van der Waals surface area contributed by atoms with E-state index in [1.807, 2.05) is 19.9 Å². The minimum absolute atomic E-state index is 0.0742. The molecule has 0 aliphatic carbocycles. The van der Waals surface area contributed by atoms with E-state index in [0.29, 0.717) is 22.7 Å². The zero-order chi connectivity index (χ0) is 24.7. The van der Waals surface area contributed by atoms with Crippen LogP contribution in [0.25, 0.3) is 0 Å². The summed E-state index contributed by atoms with van der Waals surface area (Å²) in [7, 11) is -3.77. The minimum Gasteiger partial charge on any atom is -0.484 e. The second-order valence-corrected chi connectivity index (χ2v) is 9.27. The van der Waals surface area contributed by atoms with Gasteiger partial charge in [-0.3, -0.25) is 9.52 Å². The van der Waals surface area contributed by atoms with Crippen molar-refractivity contribution < 1.29 is 27.5 Å². The summed E-state index contributed by atoms with van der Waals surface area (Å²) in [5.41, 5.74) is 3.29. The second-order valence-electron chi connectivity index (χ2n) is 7.59. The molecule has 1 amide bonds. The van der Waals surface area contributed by atoms with Gasteiger partial charge in [-0.15, -0.1) is 0 Å². The third-order valence-corrected chi connectivity index (χ3v) is 6.05. The lowest BCUT2D eigenvalue weighted by molar-refractivity contribution is -0.118. The number of amides is 1. The van der Waals surface area contributed by atoms with Gasteiger partial charge < -0.3 is 14.8 Å². The number of carbonyl (C=O) groups is 2. The molecule has 0 aromatic heterocycles. The average Bonchev–Trinajstić information content (AvgIpc) is 2.77. The Bertz CT molecular complexity index is 1250. The molecule has 0 spiro atoms. The first-order valence-electron chi connectivity index (χ1n) is 10.6. The molecule has 0 atom stereocenters. The molecule has 0 unspecified atom stereocenters. The smallest absolute Gasteiger partial charge is 0.338 e. The molecule has 9 heteroatoms. The molecule has 2 N–H and O–H groups in total. The van der Waals surface area contributed by atoms with Gasteiger partial charge in [-0.05, 0) is 92.6 Å². The normalized spacial score (nSPS) is 10.9. The fourth-order valence-electron chi connectivity index (χ4n) is 3.21. The summed E-state index contributed by atoms with van der Waals surface area (Å²) < 4.78 is 38.3. The largest absolute Gasteiger partial charge is 0.484 e. The van der Waals surface area contributed by atoms with Crippen LogP contribution >= 0.6 is 0 Å². The van der Waals surface area contributed by atoms with Gasteiger partial charge in [0.15, 0.2) is 6.61 Å². The van der Waals surface area contributed by atoms with Crippen molar-refractivity contribution in [3.05, 3.63) is 83.4 Å². The number of rotatable bonds is 9. The first-order chi connectivity index (χ1) is 16.2. The number of sulfonamides is 1. The Morgan fingerprint density at radius 2 is 1.47 bits per heavy atom. The molecule has 34 heavy (non-hydrogen) atoms. The van der Waals surface area contributed by atoms with Crippen LogP contribution in [0.4, 0.5) is 11.4 Å². The maximum absolute atomic E-state index is 12.7. The van der Waals surface area contributed by atoms with Gasteiger partial charge in [0.05, 0.1) is 17.1 Å². The predicted octanol–water partition coefficient (Wildman–Crippen LogP) is 4.30. The third kappa shape index (κ3) is 6.82. The van der Waals surface area contributed by atoms with E-state index in [0.717, 1.165) is 11.1 Å². The molecular weight excluding hydrogens is 456 g/mol. The van der Waals surface area contributed by atoms with Gasteiger partial charge in [-0.25, -0.2) is 13.2 Å². The van der Waals surface area contributed by atoms with E-state index in [1.54, 1.807) is 43.3 Å². The van der Waals surface area contributed by atoms with Crippen LogP contribution in [-0.2, 0) is 19.6 Å². The van der Waals surface area contributed by atoms with Crippen molar-refractivity contribution in [2.45, 2.75) is 25.7 Å². The lowest BCUT2D eigenvalue weighted by Crippen LogP contribution is -2.20. The Hall–Kier alpha value is -3.85. The first-order valence-corrected chi connectivity index (χ1v) is 12.1. The summed E-state index contributed by atoms with van der Waals surface area (Å²) in [6.45, 7) is 5.52. The van der Waals surface area contributed by atoms with Crippen molar-refractivity contribution in [1.82, 2.24) is 0 Å². The Balaban J connectivity index is 1.55. The van der Waals surface area contributed by atoms with E-state index in [9.17, 15) is 18.0 Å². The molecule has 0 bridgehead atoms. The van der Waals surface area contributed by atoms with E-state index in [4.69, 9.17) is 9.47 Å². The Morgan fingerprint density at radius 1 is 0.853 bits per heavy atom. The second kappa shape index (κ2) is 10.8. The molecule has 0 radical (unpaired) electrons. The summed E-state index contributed by atoms with van der Waals surface area (Å²) in [5, 5.41) is 2.66. The minimum atomic E-state index is -3.77. The highest BCUT2D eigenvalue weighted by Crippen LogP contribution is 2.21. The maximum Gasteiger partial charge on any atom is 0.338 e. The molecule has 178 valence electrons. The van der Waals surface area contributed by atoms with Crippen molar-refractivity contribution in [3.8, 4) is 5.75 Å². The number of esters is 1. The zero-order valence-corrected chi connectivity index (χ0v) is 19.9. The molecule has 0 fully saturated rings. The van der Waals surface area contributed by atoms with Crippen LogP contribution < -0.4 is 14.8 Å². The predicted molar refractivity (Wildman–Crippen MR) is 130 cm³/mol. The molecule has 3 aromatic carbocycles. The zero-order valence-electron chi connectivity index (χ0n) is 19.1. The topological polar surface area (TPSA) is 111 Å². The summed E-state index contributed by atoms with van der Waals surface area (Å²) in [6.07, 6.45) is 0. The maximum atomic E-state index is 12.7. The van der Waals surface area contributed by atoms with Crippen LogP contribution in [0.2, 0.25) is 0 Å². The van der Waals surface area contributed by atoms with Gasteiger partial charge in [0.25, 0.3) is 15.9 Å². The van der Waals surface area contributed by atoms with Crippen LogP contribution in [0.15, 0.2) is 71.6 Å². The van der Waals surface area contributed by atoms with E-state index < -0.39 is 21.9 Å². The SMILES string of the molecule is CCOC(=O)c1ccc(NC(=O)COc2ccc(S(=O)(=O)Nc3cc(C)cc(C)c3)cc2)cc1.